The molecule has 0 amide bonds. The third kappa shape index (κ3) is 3.01. The molecule has 0 radical (unpaired) electrons. The summed E-state index contributed by atoms with van der Waals surface area (Å²) >= 11 is 0. The van der Waals surface area contributed by atoms with Gasteiger partial charge in [-0.1, -0.05) is 31.0 Å². The summed E-state index contributed by atoms with van der Waals surface area (Å²) in [5.74, 6) is 0.876. The number of anilines is 1. The second-order valence-electron chi connectivity index (χ2n) is 5.38. The average Bonchev–Trinajstić information content (AvgIpc) is 2.81. The molecular weight excluding hydrogens is 208 g/mol. The van der Waals surface area contributed by atoms with Crippen molar-refractivity contribution in [3.05, 3.63) is 29.8 Å². The highest BCUT2D eigenvalue weighted by Gasteiger charge is 2.18. The summed E-state index contributed by atoms with van der Waals surface area (Å²) in [5.41, 5.74) is 8.59. The van der Waals surface area contributed by atoms with Gasteiger partial charge in [0.25, 0.3) is 0 Å². The molecule has 0 unspecified atom stereocenters. The Bertz CT molecular complexity index is 354. The summed E-state index contributed by atoms with van der Waals surface area (Å²) in [7, 11) is 2.19. The van der Waals surface area contributed by atoms with Gasteiger partial charge in [-0.05, 0) is 37.3 Å². The van der Waals surface area contributed by atoms with E-state index >= 15 is 0 Å². The van der Waals surface area contributed by atoms with Crippen LogP contribution in [0.1, 0.15) is 44.2 Å². The van der Waals surface area contributed by atoms with Gasteiger partial charge in [0.1, 0.15) is 0 Å². The van der Waals surface area contributed by atoms with Gasteiger partial charge in [-0.2, -0.15) is 0 Å². The number of para-hydroxylation sites is 1. The first-order valence-corrected chi connectivity index (χ1v) is 6.74. The van der Waals surface area contributed by atoms with Crippen molar-refractivity contribution >= 4 is 5.69 Å². The Morgan fingerprint density at radius 2 is 1.94 bits per heavy atom. The first-order valence-electron chi connectivity index (χ1n) is 6.74. The fourth-order valence-electron chi connectivity index (χ4n) is 2.90. The number of nitrogens with two attached hydrogens (primary N) is 1. The molecule has 1 aliphatic rings. The molecule has 0 saturated heterocycles. The van der Waals surface area contributed by atoms with Crippen molar-refractivity contribution in [3.8, 4) is 0 Å². The van der Waals surface area contributed by atoms with E-state index in [2.05, 4.69) is 43.1 Å². The zero-order valence-electron chi connectivity index (χ0n) is 11.0. The molecule has 2 rings (SSSR count). The Labute approximate surface area is 105 Å². The van der Waals surface area contributed by atoms with Crippen molar-refractivity contribution in [2.75, 3.05) is 18.5 Å². The molecule has 2 N–H and O–H groups in total. The van der Waals surface area contributed by atoms with Crippen molar-refractivity contribution < 1.29 is 0 Å². The smallest absolute Gasteiger partial charge is 0.0412 e. The van der Waals surface area contributed by atoms with Gasteiger partial charge < -0.3 is 10.6 Å². The van der Waals surface area contributed by atoms with E-state index in [4.69, 9.17) is 5.73 Å². The summed E-state index contributed by atoms with van der Waals surface area (Å²) in [5, 5.41) is 0. The second kappa shape index (κ2) is 5.54. The molecule has 1 atom stereocenters. The first-order chi connectivity index (χ1) is 8.18. The lowest BCUT2D eigenvalue weighted by Crippen LogP contribution is -2.26. The van der Waals surface area contributed by atoms with Crippen LogP contribution in [0.15, 0.2) is 24.3 Å². The normalized spacial score (nSPS) is 18.3. The van der Waals surface area contributed by atoms with Crippen LogP contribution in [0, 0.1) is 5.92 Å². The summed E-state index contributed by atoms with van der Waals surface area (Å²) in [6.45, 7) is 3.23. The molecule has 0 heterocycles. The zero-order valence-corrected chi connectivity index (χ0v) is 11.0. The van der Waals surface area contributed by atoms with Crippen LogP contribution in [0.4, 0.5) is 5.69 Å². The minimum absolute atomic E-state index is 0.109. The molecule has 0 aromatic heterocycles. The van der Waals surface area contributed by atoms with E-state index in [1.54, 1.807) is 0 Å². The Balaban J connectivity index is 2.09. The van der Waals surface area contributed by atoms with Crippen molar-refractivity contribution in [2.45, 2.75) is 38.6 Å². The topological polar surface area (TPSA) is 29.3 Å². The third-order valence-electron chi connectivity index (χ3n) is 3.85. The Morgan fingerprint density at radius 3 is 2.59 bits per heavy atom. The van der Waals surface area contributed by atoms with E-state index in [1.165, 1.54) is 43.5 Å². The van der Waals surface area contributed by atoms with E-state index in [0.29, 0.717) is 0 Å². The van der Waals surface area contributed by atoms with Crippen molar-refractivity contribution in [1.82, 2.24) is 0 Å². The summed E-state index contributed by atoms with van der Waals surface area (Å²) in [4.78, 5) is 2.38. The lowest BCUT2D eigenvalue weighted by atomic mass is 10.0. The maximum atomic E-state index is 6.03. The van der Waals surface area contributed by atoms with Crippen LogP contribution in [0.2, 0.25) is 0 Å². The van der Waals surface area contributed by atoms with Crippen LogP contribution in [0.3, 0.4) is 0 Å². The van der Waals surface area contributed by atoms with Crippen LogP contribution in [-0.4, -0.2) is 13.6 Å². The van der Waals surface area contributed by atoms with E-state index < -0.39 is 0 Å². The SMILES string of the molecule is C[C@H](N)c1ccccc1N(C)CC1CCCC1. The Kier molecular flexibility index (Phi) is 4.06. The molecule has 2 nitrogen and oxygen atoms in total. The van der Waals surface area contributed by atoms with Gasteiger partial charge in [0.2, 0.25) is 0 Å². The summed E-state index contributed by atoms with van der Waals surface area (Å²) in [6.07, 6.45) is 5.61. The predicted molar refractivity (Wildman–Crippen MR) is 74.3 cm³/mol. The molecule has 1 fully saturated rings. The molecule has 1 aromatic rings. The van der Waals surface area contributed by atoms with Crippen LogP contribution < -0.4 is 10.6 Å². The molecule has 1 aliphatic carbocycles. The number of nitrogens with zero attached hydrogens (tertiary/aromatic N) is 1. The first kappa shape index (κ1) is 12.4. The molecule has 0 spiro atoms. The maximum Gasteiger partial charge on any atom is 0.0412 e. The van der Waals surface area contributed by atoms with E-state index in [0.717, 1.165) is 5.92 Å². The minimum Gasteiger partial charge on any atom is -0.374 e. The van der Waals surface area contributed by atoms with Gasteiger partial charge in [-0.15, -0.1) is 0 Å². The molecule has 1 saturated carbocycles. The predicted octanol–water partition coefficient (Wildman–Crippen LogP) is 3.33. The summed E-state index contributed by atoms with van der Waals surface area (Å²) in [6, 6.07) is 8.62. The lowest BCUT2D eigenvalue weighted by molar-refractivity contribution is 0.546. The highest BCUT2D eigenvalue weighted by atomic mass is 15.1. The lowest BCUT2D eigenvalue weighted by Gasteiger charge is -2.26. The molecule has 94 valence electrons. The largest absolute Gasteiger partial charge is 0.374 e. The average molecular weight is 232 g/mol. The number of benzene rings is 1. The van der Waals surface area contributed by atoms with Gasteiger partial charge >= 0.3 is 0 Å². The van der Waals surface area contributed by atoms with Crippen molar-refractivity contribution in [2.24, 2.45) is 11.7 Å². The fraction of sp³-hybridized carbons (Fsp3) is 0.600. The van der Waals surface area contributed by atoms with E-state index in [-0.39, 0.29) is 6.04 Å². The molecule has 2 heteroatoms. The van der Waals surface area contributed by atoms with Gasteiger partial charge in [0.15, 0.2) is 0 Å². The number of hydrogen-bond acceptors (Lipinski definition) is 2. The fourth-order valence-corrected chi connectivity index (χ4v) is 2.90. The molecular formula is C15H24N2. The Morgan fingerprint density at radius 1 is 1.29 bits per heavy atom. The second-order valence-corrected chi connectivity index (χ2v) is 5.38. The molecule has 1 aromatic carbocycles. The maximum absolute atomic E-state index is 6.03. The zero-order chi connectivity index (χ0) is 12.3. The minimum atomic E-state index is 0.109. The molecule has 0 aliphatic heterocycles. The summed E-state index contributed by atoms with van der Waals surface area (Å²) < 4.78 is 0. The monoisotopic (exact) mass is 232 g/mol. The molecule has 0 bridgehead atoms. The van der Waals surface area contributed by atoms with Gasteiger partial charge in [0.05, 0.1) is 0 Å². The van der Waals surface area contributed by atoms with Crippen molar-refractivity contribution in [1.29, 1.82) is 0 Å². The van der Waals surface area contributed by atoms with E-state index in [9.17, 15) is 0 Å². The molecule has 17 heavy (non-hydrogen) atoms. The van der Waals surface area contributed by atoms with Gasteiger partial charge in [-0.25, -0.2) is 0 Å². The highest BCUT2D eigenvalue weighted by molar-refractivity contribution is 5.54. The standard InChI is InChI=1S/C15H24N2/c1-12(16)14-9-5-6-10-15(14)17(2)11-13-7-3-4-8-13/h5-6,9-10,12-13H,3-4,7-8,11,16H2,1-2H3/t12-/m0/s1. The van der Waals surface area contributed by atoms with Crippen LogP contribution in [-0.2, 0) is 0 Å². The van der Waals surface area contributed by atoms with Crippen molar-refractivity contribution in [3.63, 3.8) is 0 Å². The van der Waals surface area contributed by atoms with Crippen LogP contribution >= 0.6 is 0 Å². The van der Waals surface area contributed by atoms with Gasteiger partial charge in [0, 0.05) is 25.3 Å². The highest BCUT2D eigenvalue weighted by Crippen LogP contribution is 2.29. The van der Waals surface area contributed by atoms with Crippen LogP contribution in [0.25, 0.3) is 0 Å². The number of rotatable bonds is 4. The quantitative estimate of drug-likeness (QED) is 0.862. The number of hydrogen-bond donors (Lipinski definition) is 1. The van der Waals surface area contributed by atoms with Gasteiger partial charge in [-0.3, -0.25) is 0 Å². The Hall–Kier alpha value is -1.02. The third-order valence-corrected chi connectivity index (χ3v) is 3.85. The van der Waals surface area contributed by atoms with Crippen LogP contribution in [0.5, 0.6) is 0 Å². The van der Waals surface area contributed by atoms with E-state index in [1.807, 2.05) is 0 Å².